The highest BCUT2D eigenvalue weighted by molar-refractivity contribution is 5.99. The number of nitrogens with one attached hydrogen (secondary N) is 2. The summed E-state index contributed by atoms with van der Waals surface area (Å²) in [7, 11) is 0. The van der Waals surface area contributed by atoms with Crippen LogP contribution in [0.4, 0.5) is 0 Å². The Labute approximate surface area is 142 Å². The van der Waals surface area contributed by atoms with Crippen LogP contribution in [0.3, 0.4) is 0 Å². The van der Waals surface area contributed by atoms with Gasteiger partial charge in [0.25, 0.3) is 11.8 Å². The largest absolute Gasteiger partial charge is 0.352 e. The van der Waals surface area contributed by atoms with Gasteiger partial charge in [-0.15, -0.1) is 6.58 Å². The summed E-state index contributed by atoms with van der Waals surface area (Å²) in [6.45, 7) is 10.3. The summed E-state index contributed by atoms with van der Waals surface area (Å²) >= 11 is 0. The van der Waals surface area contributed by atoms with Crippen molar-refractivity contribution in [3.63, 3.8) is 0 Å². The first-order chi connectivity index (χ1) is 11.5. The number of pyridine rings is 1. The molecule has 0 spiro atoms. The molecule has 0 fully saturated rings. The number of carbonyl (C=O) groups excluding carboxylic acids is 2. The smallest absolute Gasteiger partial charge is 0.257 e. The van der Waals surface area contributed by atoms with Gasteiger partial charge in [0.1, 0.15) is 11.1 Å². The van der Waals surface area contributed by atoms with Crippen LogP contribution in [0.2, 0.25) is 0 Å². The first-order valence-corrected chi connectivity index (χ1v) is 8.39. The minimum absolute atomic E-state index is 0.00217. The van der Waals surface area contributed by atoms with Gasteiger partial charge in [0.15, 0.2) is 0 Å². The molecule has 0 aromatic carbocycles. The van der Waals surface area contributed by atoms with E-state index in [-0.39, 0.29) is 23.7 Å². The summed E-state index contributed by atoms with van der Waals surface area (Å²) in [5, 5.41) is 5.32. The van der Waals surface area contributed by atoms with Gasteiger partial charge in [0.05, 0.1) is 0 Å². The lowest BCUT2D eigenvalue weighted by Crippen LogP contribution is -2.36. The van der Waals surface area contributed by atoms with Gasteiger partial charge in [-0.05, 0) is 19.8 Å². The highest BCUT2D eigenvalue weighted by atomic mass is 16.2. The van der Waals surface area contributed by atoms with Crippen molar-refractivity contribution in [2.24, 2.45) is 0 Å². The normalized spacial score (nSPS) is 11.6. The second-order valence-corrected chi connectivity index (χ2v) is 5.73. The lowest BCUT2D eigenvalue weighted by atomic mass is 10.1. The van der Waals surface area contributed by atoms with Gasteiger partial charge in [-0.3, -0.25) is 14.4 Å². The van der Waals surface area contributed by atoms with E-state index in [1.807, 2.05) is 20.8 Å². The van der Waals surface area contributed by atoms with Crippen molar-refractivity contribution in [3.05, 3.63) is 46.4 Å². The summed E-state index contributed by atoms with van der Waals surface area (Å²) in [4.78, 5) is 37.1. The maximum Gasteiger partial charge on any atom is 0.257 e. The first kappa shape index (κ1) is 19.7. The van der Waals surface area contributed by atoms with E-state index in [4.69, 9.17) is 0 Å². The fourth-order valence-electron chi connectivity index (χ4n) is 2.12. The molecule has 6 heteroatoms. The SMILES string of the molecule is C=CCNC(=O)c1cn([C@@H](C)CC)cc(C(=O)NCCCC)c1=O. The lowest BCUT2D eigenvalue weighted by Gasteiger charge is -2.17. The zero-order chi connectivity index (χ0) is 18.1. The molecule has 0 aliphatic carbocycles. The molecule has 24 heavy (non-hydrogen) atoms. The van der Waals surface area contributed by atoms with Gasteiger partial charge in [-0.2, -0.15) is 0 Å². The third-order valence-electron chi connectivity index (χ3n) is 3.86. The van der Waals surface area contributed by atoms with Crippen LogP contribution in [0.5, 0.6) is 0 Å². The monoisotopic (exact) mass is 333 g/mol. The third kappa shape index (κ3) is 5.08. The Morgan fingerprint density at radius 2 is 1.79 bits per heavy atom. The Morgan fingerprint density at radius 3 is 2.29 bits per heavy atom. The van der Waals surface area contributed by atoms with Gasteiger partial charge >= 0.3 is 0 Å². The van der Waals surface area contributed by atoms with Crippen LogP contribution in [0.1, 0.15) is 66.8 Å². The molecule has 1 heterocycles. The quantitative estimate of drug-likeness (QED) is 0.537. The predicted molar refractivity (Wildman–Crippen MR) is 95.5 cm³/mol. The standard InChI is InChI=1S/C18H27N3O3/c1-5-8-10-20-18(24)15-12-21(13(4)7-3)11-14(16(15)22)17(23)19-9-6-2/h6,11-13H,2,5,7-10H2,1,3-4H3,(H,19,23)(H,20,24)/t13-/m0/s1. The van der Waals surface area contributed by atoms with E-state index in [0.717, 1.165) is 19.3 Å². The molecule has 1 rings (SSSR count). The average molecular weight is 333 g/mol. The van der Waals surface area contributed by atoms with Crippen LogP contribution < -0.4 is 16.1 Å². The minimum atomic E-state index is -0.551. The maximum atomic E-state index is 12.6. The molecule has 0 unspecified atom stereocenters. The Kier molecular flexibility index (Phi) is 7.95. The molecule has 0 saturated carbocycles. The highest BCUT2D eigenvalue weighted by Gasteiger charge is 2.19. The fourth-order valence-corrected chi connectivity index (χ4v) is 2.12. The van der Waals surface area contributed by atoms with E-state index in [1.54, 1.807) is 4.57 Å². The van der Waals surface area contributed by atoms with Crippen molar-refractivity contribution in [3.8, 4) is 0 Å². The summed E-state index contributed by atoms with van der Waals surface area (Å²) in [5.41, 5.74) is -0.580. The Bertz CT molecular complexity index is 649. The summed E-state index contributed by atoms with van der Waals surface area (Å²) in [6, 6.07) is 0.0683. The highest BCUT2D eigenvalue weighted by Crippen LogP contribution is 2.11. The van der Waals surface area contributed by atoms with Crippen LogP contribution in [-0.2, 0) is 0 Å². The fraction of sp³-hybridized carbons (Fsp3) is 0.500. The molecule has 0 aliphatic rings. The predicted octanol–water partition coefficient (Wildman–Crippen LogP) is 2.27. The van der Waals surface area contributed by atoms with Crippen molar-refractivity contribution in [2.45, 2.75) is 46.1 Å². The van der Waals surface area contributed by atoms with Crippen LogP contribution in [-0.4, -0.2) is 29.5 Å². The second kappa shape index (κ2) is 9.70. The molecule has 2 amide bonds. The van der Waals surface area contributed by atoms with Gasteiger partial charge in [0.2, 0.25) is 5.43 Å². The Balaban J connectivity index is 3.25. The molecular weight excluding hydrogens is 306 g/mol. The first-order valence-electron chi connectivity index (χ1n) is 8.39. The number of hydrogen-bond donors (Lipinski definition) is 2. The van der Waals surface area contributed by atoms with Gasteiger partial charge in [0, 0.05) is 31.5 Å². The van der Waals surface area contributed by atoms with E-state index in [0.29, 0.717) is 6.54 Å². The van der Waals surface area contributed by atoms with Crippen molar-refractivity contribution in [1.29, 1.82) is 0 Å². The van der Waals surface area contributed by atoms with E-state index in [1.165, 1.54) is 18.5 Å². The van der Waals surface area contributed by atoms with Crippen molar-refractivity contribution in [1.82, 2.24) is 15.2 Å². The van der Waals surface area contributed by atoms with Gasteiger partial charge < -0.3 is 15.2 Å². The van der Waals surface area contributed by atoms with Gasteiger partial charge in [-0.1, -0.05) is 26.3 Å². The summed E-state index contributed by atoms with van der Waals surface area (Å²) < 4.78 is 1.75. The average Bonchev–Trinajstić information content (AvgIpc) is 2.59. The second-order valence-electron chi connectivity index (χ2n) is 5.73. The maximum absolute atomic E-state index is 12.6. The number of amides is 2. The van der Waals surface area contributed by atoms with Crippen LogP contribution in [0.25, 0.3) is 0 Å². The zero-order valence-corrected chi connectivity index (χ0v) is 14.7. The van der Waals surface area contributed by atoms with E-state index < -0.39 is 17.2 Å². The molecule has 0 bridgehead atoms. The van der Waals surface area contributed by atoms with Crippen LogP contribution in [0, 0.1) is 0 Å². The van der Waals surface area contributed by atoms with Crippen LogP contribution >= 0.6 is 0 Å². The Hall–Kier alpha value is -2.37. The molecule has 0 saturated heterocycles. The van der Waals surface area contributed by atoms with E-state index in [9.17, 15) is 14.4 Å². The number of nitrogens with zero attached hydrogens (tertiary/aromatic N) is 1. The number of carbonyl (C=O) groups is 2. The summed E-state index contributed by atoms with van der Waals surface area (Å²) in [6.07, 6.45) is 7.17. The summed E-state index contributed by atoms with van der Waals surface area (Å²) in [5.74, 6) is -0.941. The Morgan fingerprint density at radius 1 is 1.21 bits per heavy atom. The molecule has 1 aromatic rings. The molecule has 132 valence electrons. The molecule has 1 atom stereocenters. The van der Waals surface area contributed by atoms with Crippen molar-refractivity contribution < 1.29 is 9.59 Å². The molecule has 0 aliphatic heterocycles. The number of rotatable bonds is 9. The zero-order valence-electron chi connectivity index (χ0n) is 14.7. The van der Waals surface area contributed by atoms with Crippen molar-refractivity contribution >= 4 is 11.8 Å². The molecule has 6 nitrogen and oxygen atoms in total. The van der Waals surface area contributed by atoms with Crippen LogP contribution in [0.15, 0.2) is 29.8 Å². The molecule has 1 aromatic heterocycles. The minimum Gasteiger partial charge on any atom is -0.352 e. The third-order valence-corrected chi connectivity index (χ3v) is 3.86. The van der Waals surface area contributed by atoms with Gasteiger partial charge in [-0.25, -0.2) is 0 Å². The topological polar surface area (TPSA) is 80.2 Å². The van der Waals surface area contributed by atoms with E-state index >= 15 is 0 Å². The number of unbranched alkanes of at least 4 members (excludes halogenated alkanes) is 1. The number of hydrogen-bond acceptors (Lipinski definition) is 3. The van der Waals surface area contributed by atoms with E-state index in [2.05, 4.69) is 17.2 Å². The number of aromatic nitrogens is 1. The molecule has 2 N–H and O–H groups in total. The van der Waals surface area contributed by atoms with Crippen molar-refractivity contribution in [2.75, 3.05) is 13.1 Å². The molecular formula is C18H27N3O3. The molecule has 0 radical (unpaired) electrons. The lowest BCUT2D eigenvalue weighted by molar-refractivity contribution is 0.0951.